The number of benzene rings is 1. The van der Waals surface area contributed by atoms with Crippen molar-refractivity contribution in [3.8, 4) is 11.5 Å². The second-order valence-electron chi connectivity index (χ2n) is 4.11. The SMILES string of the molecule is CCCN=C1CC(=O)c2c(O)ccc(O)c2C1=O. The summed E-state index contributed by atoms with van der Waals surface area (Å²) >= 11 is 0. The van der Waals surface area contributed by atoms with Gasteiger partial charge in [0.05, 0.1) is 23.3 Å². The highest BCUT2D eigenvalue weighted by Gasteiger charge is 2.33. The van der Waals surface area contributed by atoms with E-state index in [9.17, 15) is 19.8 Å². The average molecular weight is 247 g/mol. The van der Waals surface area contributed by atoms with Crippen molar-refractivity contribution in [3.63, 3.8) is 0 Å². The van der Waals surface area contributed by atoms with E-state index in [-0.39, 0.29) is 34.8 Å². The fourth-order valence-electron chi connectivity index (χ4n) is 1.93. The highest BCUT2D eigenvalue weighted by Crippen LogP contribution is 2.33. The normalized spacial score (nSPS) is 17.1. The molecule has 0 amide bonds. The number of carbonyl (C=O) groups is 2. The molecule has 1 aliphatic carbocycles. The summed E-state index contributed by atoms with van der Waals surface area (Å²) in [6, 6.07) is 2.40. The van der Waals surface area contributed by atoms with Gasteiger partial charge in [-0.2, -0.15) is 0 Å². The molecular weight excluding hydrogens is 234 g/mol. The second kappa shape index (κ2) is 4.60. The number of carbonyl (C=O) groups excluding carboxylic acids is 2. The van der Waals surface area contributed by atoms with Crippen LogP contribution in [0.5, 0.6) is 11.5 Å². The summed E-state index contributed by atoms with van der Waals surface area (Å²) in [5.41, 5.74) is -0.0909. The van der Waals surface area contributed by atoms with E-state index in [0.717, 1.165) is 6.42 Å². The van der Waals surface area contributed by atoms with Gasteiger partial charge in [0.25, 0.3) is 0 Å². The molecule has 1 aliphatic rings. The quantitative estimate of drug-likeness (QED) is 0.779. The lowest BCUT2D eigenvalue weighted by Gasteiger charge is -2.17. The first-order valence-corrected chi connectivity index (χ1v) is 5.72. The van der Waals surface area contributed by atoms with Gasteiger partial charge in [-0.25, -0.2) is 0 Å². The monoisotopic (exact) mass is 247 g/mol. The fourth-order valence-corrected chi connectivity index (χ4v) is 1.93. The number of hydrogen-bond acceptors (Lipinski definition) is 5. The molecule has 5 nitrogen and oxygen atoms in total. The maximum absolute atomic E-state index is 12.1. The molecule has 1 aromatic rings. The summed E-state index contributed by atoms with van der Waals surface area (Å²) in [6.07, 6.45) is 0.646. The summed E-state index contributed by atoms with van der Waals surface area (Å²) in [5, 5.41) is 19.3. The molecule has 0 bridgehead atoms. The van der Waals surface area contributed by atoms with Crippen molar-refractivity contribution in [1.29, 1.82) is 0 Å². The van der Waals surface area contributed by atoms with Gasteiger partial charge in [-0.3, -0.25) is 14.6 Å². The maximum atomic E-state index is 12.1. The number of nitrogens with zero attached hydrogens (tertiary/aromatic N) is 1. The van der Waals surface area contributed by atoms with Gasteiger partial charge >= 0.3 is 0 Å². The number of phenolic OH excluding ortho intramolecular Hbond substituents is 2. The Morgan fingerprint density at radius 2 is 1.78 bits per heavy atom. The van der Waals surface area contributed by atoms with Crippen LogP contribution in [0.4, 0.5) is 0 Å². The van der Waals surface area contributed by atoms with Crippen molar-refractivity contribution in [1.82, 2.24) is 0 Å². The van der Waals surface area contributed by atoms with Crippen LogP contribution in [0.25, 0.3) is 0 Å². The minimum absolute atomic E-state index is 0.101. The van der Waals surface area contributed by atoms with Crippen LogP contribution >= 0.6 is 0 Å². The molecule has 0 atom stereocenters. The van der Waals surface area contributed by atoms with E-state index < -0.39 is 11.6 Å². The summed E-state index contributed by atoms with van der Waals surface area (Å²) in [5.74, 6) is -1.46. The lowest BCUT2D eigenvalue weighted by molar-refractivity contribution is 0.0960. The van der Waals surface area contributed by atoms with Crippen molar-refractivity contribution in [2.75, 3.05) is 6.54 Å². The first kappa shape index (κ1) is 12.3. The number of phenols is 2. The third-order valence-corrected chi connectivity index (χ3v) is 2.78. The maximum Gasteiger partial charge on any atom is 0.211 e. The van der Waals surface area contributed by atoms with E-state index in [1.165, 1.54) is 12.1 Å². The molecule has 2 rings (SSSR count). The minimum atomic E-state index is -0.480. The smallest absolute Gasteiger partial charge is 0.211 e. The van der Waals surface area contributed by atoms with Crippen LogP contribution in [0, 0.1) is 0 Å². The van der Waals surface area contributed by atoms with Gasteiger partial charge in [-0.05, 0) is 18.6 Å². The molecule has 0 saturated carbocycles. The van der Waals surface area contributed by atoms with Crippen LogP contribution in [0.2, 0.25) is 0 Å². The van der Waals surface area contributed by atoms with Crippen molar-refractivity contribution >= 4 is 17.3 Å². The molecule has 0 radical (unpaired) electrons. The highest BCUT2D eigenvalue weighted by molar-refractivity contribution is 6.53. The average Bonchev–Trinajstić information content (AvgIpc) is 2.34. The zero-order valence-electron chi connectivity index (χ0n) is 9.93. The lowest BCUT2D eigenvalue weighted by atomic mass is 9.87. The Balaban J connectivity index is 2.58. The Hall–Kier alpha value is -2.17. The first-order valence-electron chi connectivity index (χ1n) is 5.72. The van der Waals surface area contributed by atoms with Crippen LogP contribution in [0.3, 0.4) is 0 Å². The van der Waals surface area contributed by atoms with Gasteiger partial charge in [0.15, 0.2) is 5.78 Å². The summed E-state index contributed by atoms with van der Waals surface area (Å²) in [6.45, 7) is 2.37. The molecule has 18 heavy (non-hydrogen) atoms. The molecule has 5 heteroatoms. The second-order valence-corrected chi connectivity index (χ2v) is 4.11. The van der Waals surface area contributed by atoms with Gasteiger partial charge < -0.3 is 10.2 Å². The highest BCUT2D eigenvalue weighted by atomic mass is 16.3. The third-order valence-electron chi connectivity index (χ3n) is 2.78. The van der Waals surface area contributed by atoms with Crippen molar-refractivity contribution in [2.24, 2.45) is 4.99 Å². The number of hydrogen-bond donors (Lipinski definition) is 2. The van der Waals surface area contributed by atoms with Crippen LogP contribution < -0.4 is 0 Å². The Kier molecular flexibility index (Phi) is 3.14. The van der Waals surface area contributed by atoms with E-state index in [1.54, 1.807) is 0 Å². The van der Waals surface area contributed by atoms with Gasteiger partial charge in [-0.15, -0.1) is 0 Å². The number of ketones is 2. The standard InChI is InChI=1S/C13H13NO4/c1-2-5-14-7-6-10(17)11-8(15)3-4-9(16)12(11)13(7)18/h3-4,15-16H,2,5-6H2,1H3. The largest absolute Gasteiger partial charge is 0.507 e. The van der Waals surface area contributed by atoms with Gasteiger partial charge in [-0.1, -0.05) is 6.92 Å². The molecule has 0 unspecified atom stereocenters. The molecule has 2 N–H and O–H groups in total. The van der Waals surface area contributed by atoms with Crippen LogP contribution in [-0.4, -0.2) is 34.0 Å². The number of aromatic hydroxyl groups is 2. The molecular formula is C13H13NO4. The van der Waals surface area contributed by atoms with Crippen LogP contribution in [0.1, 0.15) is 40.5 Å². The first-order chi connectivity index (χ1) is 8.56. The molecule has 94 valence electrons. The zero-order valence-corrected chi connectivity index (χ0v) is 9.93. The Bertz CT molecular complexity index is 560. The summed E-state index contributed by atoms with van der Waals surface area (Å²) < 4.78 is 0. The molecule has 0 spiro atoms. The third kappa shape index (κ3) is 1.88. The predicted octanol–water partition coefficient (Wildman–Crippen LogP) is 1.72. The molecule has 0 fully saturated rings. The predicted molar refractivity (Wildman–Crippen MR) is 65.6 cm³/mol. The van der Waals surface area contributed by atoms with Gasteiger partial charge in [0.1, 0.15) is 11.5 Å². The van der Waals surface area contributed by atoms with E-state index in [2.05, 4.69) is 4.99 Å². The molecule has 1 aromatic carbocycles. The number of rotatable bonds is 2. The van der Waals surface area contributed by atoms with Crippen molar-refractivity contribution < 1.29 is 19.8 Å². The molecule has 0 aliphatic heterocycles. The Morgan fingerprint density at radius 1 is 1.17 bits per heavy atom. The summed E-state index contributed by atoms with van der Waals surface area (Å²) in [7, 11) is 0. The van der Waals surface area contributed by atoms with E-state index >= 15 is 0 Å². The topological polar surface area (TPSA) is 87.0 Å². The van der Waals surface area contributed by atoms with Gasteiger partial charge in [0, 0.05) is 6.54 Å². The lowest BCUT2D eigenvalue weighted by Crippen LogP contribution is -2.27. The molecule has 0 saturated heterocycles. The number of aliphatic imine (C=N–C) groups is 1. The fraction of sp³-hybridized carbons (Fsp3) is 0.308. The zero-order chi connectivity index (χ0) is 13.3. The molecule has 0 aromatic heterocycles. The van der Waals surface area contributed by atoms with Crippen LogP contribution in [-0.2, 0) is 0 Å². The molecule has 0 heterocycles. The Morgan fingerprint density at radius 3 is 2.39 bits per heavy atom. The Labute approximate surface area is 104 Å². The van der Waals surface area contributed by atoms with E-state index in [1.807, 2.05) is 6.92 Å². The van der Waals surface area contributed by atoms with Crippen molar-refractivity contribution in [2.45, 2.75) is 19.8 Å². The van der Waals surface area contributed by atoms with Crippen LogP contribution in [0.15, 0.2) is 17.1 Å². The van der Waals surface area contributed by atoms with E-state index in [0.29, 0.717) is 6.54 Å². The van der Waals surface area contributed by atoms with Crippen molar-refractivity contribution in [3.05, 3.63) is 23.3 Å². The van der Waals surface area contributed by atoms with E-state index in [4.69, 9.17) is 0 Å². The minimum Gasteiger partial charge on any atom is -0.507 e. The summed E-state index contributed by atoms with van der Waals surface area (Å²) in [4.78, 5) is 28.0. The number of Topliss-reactive ketones (excluding diaryl/α,β-unsaturated/α-hetero) is 2. The van der Waals surface area contributed by atoms with Gasteiger partial charge in [0.2, 0.25) is 5.78 Å². The number of fused-ring (bicyclic) bond motifs is 1.